The minimum atomic E-state index is 0.0302. The van der Waals surface area contributed by atoms with Crippen molar-refractivity contribution in [1.82, 2.24) is 0 Å². The highest BCUT2D eigenvalue weighted by Crippen LogP contribution is 2.30. The van der Waals surface area contributed by atoms with E-state index >= 15 is 0 Å². The molecule has 2 unspecified atom stereocenters. The van der Waals surface area contributed by atoms with Gasteiger partial charge in [-0.3, -0.25) is 0 Å². The predicted molar refractivity (Wildman–Crippen MR) is 60.1 cm³/mol. The van der Waals surface area contributed by atoms with Crippen molar-refractivity contribution in [3.05, 3.63) is 0 Å². The Morgan fingerprint density at radius 2 is 1.64 bits per heavy atom. The number of aliphatic hydroxyl groups excluding tert-OH is 2. The predicted octanol–water partition coefficient (Wildman–Crippen LogP) is 2.44. The summed E-state index contributed by atoms with van der Waals surface area (Å²) in [5.41, 5.74) is 0.0302. The van der Waals surface area contributed by atoms with Gasteiger partial charge in [0.1, 0.15) is 0 Å². The highest BCUT2D eigenvalue weighted by Gasteiger charge is 2.24. The van der Waals surface area contributed by atoms with E-state index in [0.717, 1.165) is 19.3 Å². The van der Waals surface area contributed by atoms with Crippen molar-refractivity contribution < 1.29 is 10.2 Å². The first kappa shape index (κ1) is 13.9. The van der Waals surface area contributed by atoms with Crippen molar-refractivity contribution in [3.63, 3.8) is 0 Å². The zero-order valence-electron chi connectivity index (χ0n) is 10.1. The molecule has 14 heavy (non-hydrogen) atoms. The maximum Gasteiger partial charge on any atom is 0.0484 e. The molecule has 0 radical (unpaired) electrons. The van der Waals surface area contributed by atoms with Gasteiger partial charge in [0.25, 0.3) is 0 Å². The van der Waals surface area contributed by atoms with Gasteiger partial charge >= 0.3 is 0 Å². The lowest BCUT2D eigenvalue weighted by molar-refractivity contribution is 0.0971. The molecule has 0 amide bonds. The molecule has 0 bridgehead atoms. The van der Waals surface area contributed by atoms with Crippen LogP contribution in [0, 0.1) is 17.3 Å². The topological polar surface area (TPSA) is 40.5 Å². The summed E-state index contributed by atoms with van der Waals surface area (Å²) in [7, 11) is 0. The lowest BCUT2D eigenvalue weighted by atomic mass is 9.78. The Kier molecular flexibility index (Phi) is 6.38. The SMILES string of the molecule is CC(CO)CCCC(C)C(C)(C)CO. The van der Waals surface area contributed by atoms with Crippen molar-refractivity contribution in [2.45, 2.75) is 47.0 Å². The normalized spacial score (nSPS) is 16.7. The van der Waals surface area contributed by atoms with E-state index in [1.54, 1.807) is 0 Å². The van der Waals surface area contributed by atoms with Gasteiger partial charge in [-0.15, -0.1) is 0 Å². The molecule has 86 valence electrons. The first-order valence-electron chi connectivity index (χ1n) is 5.65. The van der Waals surface area contributed by atoms with Gasteiger partial charge < -0.3 is 10.2 Å². The summed E-state index contributed by atoms with van der Waals surface area (Å²) in [6, 6.07) is 0. The molecular formula is C12H26O2. The molecule has 0 aromatic rings. The van der Waals surface area contributed by atoms with Crippen molar-refractivity contribution in [2.75, 3.05) is 13.2 Å². The summed E-state index contributed by atoms with van der Waals surface area (Å²) in [6.45, 7) is 9.02. The van der Waals surface area contributed by atoms with Crippen LogP contribution in [0.3, 0.4) is 0 Å². The van der Waals surface area contributed by atoms with Crippen molar-refractivity contribution in [2.24, 2.45) is 17.3 Å². The van der Waals surface area contributed by atoms with E-state index in [1.165, 1.54) is 0 Å². The zero-order valence-corrected chi connectivity index (χ0v) is 10.1. The molecule has 2 N–H and O–H groups in total. The molecule has 0 aliphatic rings. The smallest absolute Gasteiger partial charge is 0.0484 e. The maximum absolute atomic E-state index is 9.18. The molecule has 0 saturated carbocycles. The summed E-state index contributed by atoms with van der Waals surface area (Å²) < 4.78 is 0. The van der Waals surface area contributed by atoms with Crippen LogP contribution in [-0.4, -0.2) is 23.4 Å². The fourth-order valence-corrected chi connectivity index (χ4v) is 1.41. The zero-order chi connectivity index (χ0) is 11.2. The van der Waals surface area contributed by atoms with Gasteiger partial charge in [0.2, 0.25) is 0 Å². The molecule has 0 heterocycles. The van der Waals surface area contributed by atoms with E-state index in [2.05, 4.69) is 27.7 Å². The largest absolute Gasteiger partial charge is 0.396 e. The molecule has 0 rings (SSSR count). The van der Waals surface area contributed by atoms with Crippen LogP contribution in [0.5, 0.6) is 0 Å². The molecule has 2 heteroatoms. The third-order valence-corrected chi connectivity index (χ3v) is 3.39. The Morgan fingerprint density at radius 3 is 2.07 bits per heavy atom. The second-order valence-electron chi connectivity index (χ2n) is 5.27. The summed E-state index contributed by atoms with van der Waals surface area (Å²) in [6.07, 6.45) is 3.37. The van der Waals surface area contributed by atoms with Crippen LogP contribution in [0.15, 0.2) is 0 Å². The Labute approximate surface area is 88.3 Å². The fourth-order valence-electron chi connectivity index (χ4n) is 1.41. The minimum absolute atomic E-state index is 0.0302. The molecule has 0 spiro atoms. The number of hydrogen-bond acceptors (Lipinski definition) is 2. The molecule has 0 aliphatic carbocycles. The Balaban J connectivity index is 3.69. The average molecular weight is 202 g/mol. The monoisotopic (exact) mass is 202 g/mol. The Hall–Kier alpha value is -0.0800. The van der Waals surface area contributed by atoms with Crippen LogP contribution in [0.4, 0.5) is 0 Å². The lowest BCUT2D eigenvalue weighted by Crippen LogP contribution is -2.25. The minimum Gasteiger partial charge on any atom is -0.396 e. The van der Waals surface area contributed by atoms with Gasteiger partial charge in [-0.1, -0.05) is 40.5 Å². The van der Waals surface area contributed by atoms with Gasteiger partial charge in [-0.05, 0) is 23.7 Å². The number of hydrogen-bond donors (Lipinski definition) is 2. The van der Waals surface area contributed by atoms with Crippen LogP contribution >= 0.6 is 0 Å². The molecular weight excluding hydrogens is 176 g/mol. The van der Waals surface area contributed by atoms with Crippen LogP contribution in [0.1, 0.15) is 47.0 Å². The van der Waals surface area contributed by atoms with Gasteiger partial charge in [-0.25, -0.2) is 0 Å². The molecule has 0 fully saturated rings. The third kappa shape index (κ3) is 4.97. The third-order valence-electron chi connectivity index (χ3n) is 3.39. The van der Waals surface area contributed by atoms with Crippen molar-refractivity contribution in [1.29, 1.82) is 0 Å². The molecule has 2 atom stereocenters. The molecule has 0 aliphatic heterocycles. The van der Waals surface area contributed by atoms with Crippen LogP contribution in [0.2, 0.25) is 0 Å². The molecule has 0 aromatic carbocycles. The molecule has 0 aromatic heterocycles. The van der Waals surface area contributed by atoms with Gasteiger partial charge in [0.15, 0.2) is 0 Å². The summed E-state index contributed by atoms with van der Waals surface area (Å²) >= 11 is 0. The average Bonchev–Trinajstić information content (AvgIpc) is 2.17. The standard InChI is InChI=1S/C12H26O2/c1-10(8-13)6-5-7-11(2)12(3,4)9-14/h10-11,13-14H,5-9H2,1-4H3. The first-order valence-corrected chi connectivity index (χ1v) is 5.65. The van der Waals surface area contributed by atoms with E-state index in [-0.39, 0.29) is 18.6 Å². The highest BCUT2D eigenvalue weighted by atomic mass is 16.3. The molecule has 0 saturated heterocycles. The van der Waals surface area contributed by atoms with E-state index in [0.29, 0.717) is 11.8 Å². The van der Waals surface area contributed by atoms with E-state index in [1.807, 2.05) is 0 Å². The maximum atomic E-state index is 9.18. The van der Waals surface area contributed by atoms with Gasteiger partial charge in [-0.2, -0.15) is 0 Å². The lowest BCUT2D eigenvalue weighted by Gasteiger charge is -2.29. The second kappa shape index (κ2) is 6.41. The van der Waals surface area contributed by atoms with Crippen molar-refractivity contribution >= 4 is 0 Å². The van der Waals surface area contributed by atoms with Crippen LogP contribution < -0.4 is 0 Å². The second-order valence-corrected chi connectivity index (χ2v) is 5.27. The van der Waals surface area contributed by atoms with Gasteiger partial charge in [0, 0.05) is 13.2 Å². The quantitative estimate of drug-likeness (QED) is 0.665. The van der Waals surface area contributed by atoms with E-state index in [9.17, 15) is 5.11 Å². The van der Waals surface area contributed by atoms with E-state index in [4.69, 9.17) is 5.11 Å². The van der Waals surface area contributed by atoms with Crippen LogP contribution in [-0.2, 0) is 0 Å². The van der Waals surface area contributed by atoms with E-state index < -0.39 is 0 Å². The summed E-state index contributed by atoms with van der Waals surface area (Å²) in [5, 5.41) is 18.0. The fraction of sp³-hybridized carbons (Fsp3) is 1.00. The highest BCUT2D eigenvalue weighted by molar-refractivity contribution is 4.74. The first-order chi connectivity index (χ1) is 6.44. The van der Waals surface area contributed by atoms with Gasteiger partial charge in [0.05, 0.1) is 0 Å². The summed E-state index contributed by atoms with van der Waals surface area (Å²) in [5.74, 6) is 0.956. The number of rotatable bonds is 7. The Bertz CT molecular complexity index is 143. The molecule has 2 nitrogen and oxygen atoms in total. The van der Waals surface area contributed by atoms with Crippen molar-refractivity contribution in [3.8, 4) is 0 Å². The summed E-state index contributed by atoms with van der Waals surface area (Å²) in [4.78, 5) is 0. The Morgan fingerprint density at radius 1 is 1.07 bits per heavy atom. The van der Waals surface area contributed by atoms with Crippen LogP contribution in [0.25, 0.3) is 0 Å². The number of aliphatic hydroxyl groups is 2.